The molecule has 0 aliphatic rings. The summed E-state index contributed by atoms with van der Waals surface area (Å²) in [6, 6.07) is 0. The predicted molar refractivity (Wildman–Crippen MR) is 41.2 cm³/mol. The monoisotopic (exact) mass is 173 g/mol. The molecule has 0 aromatic carbocycles. The van der Waals surface area contributed by atoms with Gasteiger partial charge in [0.1, 0.15) is 0 Å². The standard InChI is InChI=1S/C7H11NO4/c1-12-7(11)5(4-8)2-3-6(9)10/h4H,2-3,8H2,1H3,(H,9,10)/b5-4+. The van der Waals surface area contributed by atoms with Crippen molar-refractivity contribution >= 4 is 11.9 Å². The van der Waals surface area contributed by atoms with Gasteiger partial charge in [-0.25, -0.2) is 4.79 Å². The lowest BCUT2D eigenvalue weighted by molar-refractivity contribution is -0.137. The summed E-state index contributed by atoms with van der Waals surface area (Å²) >= 11 is 0. The lowest BCUT2D eigenvalue weighted by atomic mass is 10.1. The molecule has 12 heavy (non-hydrogen) atoms. The lowest BCUT2D eigenvalue weighted by Crippen LogP contribution is -2.08. The quantitative estimate of drug-likeness (QED) is 0.456. The minimum atomic E-state index is -0.974. The van der Waals surface area contributed by atoms with Gasteiger partial charge in [-0.15, -0.1) is 0 Å². The van der Waals surface area contributed by atoms with Crippen LogP contribution in [0.1, 0.15) is 12.8 Å². The number of rotatable bonds is 4. The molecular weight excluding hydrogens is 162 g/mol. The molecule has 5 nitrogen and oxygen atoms in total. The predicted octanol–water partition coefficient (Wildman–Crippen LogP) is -0.133. The summed E-state index contributed by atoms with van der Waals surface area (Å²) in [7, 11) is 1.21. The van der Waals surface area contributed by atoms with Gasteiger partial charge in [-0.3, -0.25) is 4.79 Å². The summed E-state index contributed by atoms with van der Waals surface area (Å²) in [4.78, 5) is 20.9. The first-order valence-electron chi connectivity index (χ1n) is 3.32. The molecule has 0 saturated carbocycles. The zero-order chi connectivity index (χ0) is 9.56. The summed E-state index contributed by atoms with van der Waals surface area (Å²) < 4.78 is 4.36. The fraction of sp³-hybridized carbons (Fsp3) is 0.429. The van der Waals surface area contributed by atoms with Crippen LogP contribution in [0.5, 0.6) is 0 Å². The van der Waals surface area contributed by atoms with E-state index in [1.54, 1.807) is 0 Å². The fourth-order valence-corrected chi connectivity index (χ4v) is 0.626. The largest absolute Gasteiger partial charge is 0.481 e. The van der Waals surface area contributed by atoms with E-state index in [0.29, 0.717) is 0 Å². The van der Waals surface area contributed by atoms with Crippen molar-refractivity contribution in [3.8, 4) is 0 Å². The Morgan fingerprint density at radius 3 is 2.42 bits per heavy atom. The first kappa shape index (κ1) is 10.5. The van der Waals surface area contributed by atoms with Gasteiger partial charge in [0, 0.05) is 12.6 Å². The molecule has 5 heteroatoms. The van der Waals surface area contributed by atoms with E-state index in [-0.39, 0.29) is 18.4 Å². The van der Waals surface area contributed by atoms with Gasteiger partial charge in [-0.2, -0.15) is 0 Å². The van der Waals surface area contributed by atoms with Gasteiger partial charge in [0.25, 0.3) is 0 Å². The number of aliphatic carboxylic acids is 1. The highest BCUT2D eigenvalue weighted by atomic mass is 16.5. The van der Waals surface area contributed by atoms with Gasteiger partial charge in [0.05, 0.1) is 12.7 Å². The van der Waals surface area contributed by atoms with Gasteiger partial charge in [0.2, 0.25) is 0 Å². The van der Waals surface area contributed by atoms with Crippen molar-refractivity contribution in [2.45, 2.75) is 12.8 Å². The average molecular weight is 173 g/mol. The number of carboxylic acid groups (broad SMARTS) is 1. The van der Waals surface area contributed by atoms with Gasteiger partial charge < -0.3 is 15.6 Å². The third-order valence-corrected chi connectivity index (χ3v) is 1.26. The van der Waals surface area contributed by atoms with E-state index >= 15 is 0 Å². The summed E-state index contributed by atoms with van der Waals surface area (Å²) in [5, 5.41) is 8.29. The van der Waals surface area contributed by atoms with Crippen LogP contribution in [0.4, 0.5) is 0 Å². The minimum absolute atomic E-state index is 0.0957. The van der Waals surface area contributed by atoms with Crippen LogP contribution in [0.3, 0.4) is 0 Å². The molecule has 0 radical (unpaired) electrons. The maximum absolute atomic E-state index is 10.8. The molecule has 0 unspecified atom stereocenters. The van der Waals surface area contributed by atoms with Crippen LogP contribution in [0.15, 0.2) is 11.8 Å². The van der Waals surface area contributed by atoms with Crippen molar-refractivity contribution in [2.24, 2.45) is 5.73 Å². The molecule has 0 amide bonds. The van der Waals surface area contributed by atoms with Crippen LogP contribution in [0.2, 0.25) is 0 Å². The molecule has 0 aliphatic carbocycles. The van der Waals surface area contributed by atoms with E-state index in [1.165, 1.54) is 7.11 Å². The Balaban J connectivity index is 4.02. The molecule has 0 bridgehead atoms. The molecule has 0 fully saturated rings. The number of carboxylic acids is 1. The van der Waals surface area contributed by atoms with Crippen LogP contribution in [0.25, 0.3) is 0 Å². The Morgan fingerprint density at radius 1 is 1.50 bits per heavy atom. The molecule has 0 aliphatic heterocycles. The molecule has 0 spiro atoms. The van der Waals surface area contributed by atoms with Crippen molar-refractivity contribution < 1.29 is 19.4 Å². The summed E-state index contributed by atoms with van der Waals surface area (Å²) in [6.07, 6.45) is 1.03. The number of nitrogens with two attached hydrogens (primary N) is 1. The normalized spacial score (nSPS) is 10.9. The van der Waals surface area contributed by atoms with Gasteiger partial charge >= 0.3 is 11.9 Å². The van der Waals surface area contributed by atoms with Crippen molar-refractivity contribution in [3.05, 3.63) is 11.8 Å². The third-order valence-electron chi connectivity index (χ3n) is 1.26. The van der Waals surface area contributed by atoms with E-state index in [2.05, 4.69) is 4.74 Å². The van der Waals surface area contributed by atoms with E-state index in [1.807, 2.05) is 0 Å². The molecule has 0 heterocycles. The summed E-state index contributed by atoms with van der Waals surface area (Å²) in [6.45, 7) is 0. The fourth-order valence-electron chi connectivity index (χ4n) is 0.626. The average Bonchev–Trinajstić information content (AvgIpc) is 2.04. The van der Waals surface area contributed by atoms with Crippen molar-refractivity contribution in [1.29, 1.82) is 0 Å². The maximum Gasteiger partial charge on any atom is 0.335 e. The maximum atomic E-state index is 10.8. The van der Waals surface area contributed by atoms with Crippen LogP contribution >= 0.6 is 0 Å². The molecule has 0 atom stereocenters. The molecular formula is C7H11NO4. The topological polar surface area (TPSA) is 89.6 Å². The first-order valence-corrected chi connectivity index (χ1v) is 3.32. The number of esters is 1. The van der Waals surface area contributed by atoms with Crippen LogP contribution < -0.4 is 5.73 Å². The van der Waals surface area contributed by atoms with E-state index < -0.39 is 11.9 Å². The molecule has 0 saturated heterocycles. The van der Waals surface area contributed by atoms with E-state index in [0.717, 1.165) is 6.20 Å². The number of hydrogen-bond acceptors (Lipinski definition) is 4. The highest BCUT2D eigenvalue weighted by Gasteiger charge is 2.10. The Kier molecular flexibility index (Phi) is 4.52. The minimum Gasteiger partial charge on any atom is -0.481 e. The van der Waals surface area contributed by atoms with Crippen LogP contribution in [0, 0.1) is 0 Å². The number of hydrogen-bond donors (Lipinski definition) is 2. The van der Waals surface area contributed by atoms with Crippen LogP contribution in [-0.4, -0.2) is 24.2 Å². The third kappa shape index (κ3) is 3.60. The molecule has 68 valence electrons. The van der Waals surface area contributed by atoms with Gasteiger partial charge in [0.15, 0.2) is 0 Å². The molecule has 3 N–H and O–H groups in total. The van der Waals surface area contributed by atoms with Gasteiger partial charge in [-0.05, 0) is 6.42 Å². The molecule has 0 aromatic rings. The molecule has 0 rings (SSSR count). The van der Waals surface area contributed by atoms with Crippen LogP contribution in [-0.2, 0) is 14.3 Å². The smallest absolute Gasteiger partial charge is 0.335 e. The van der Waals surface area contributed by atoms with Crippen molar-refractivity contribution in [3.63, 3.8) is 0 Å². The Labute approximate surface area is 69.8 Å². The zero-order valence-electron chi connectivity index (χ0n) is 6.74. The van der Waals surface area contributed by atoms with Crippen molar-refractivity contribution in [1.82, 2.24) is 0 Å². The Hall–Kier alpha value is -1.52. The second-order valence-electron chi connectivity index (χ2n) is 2.08. The Bertz CT molecular complexity index is 209. The SMILES string of the molecule is COC(=O)/C(=C/N)CCC(=O)O. The highest BCUT2D eigenvalue weighted by molar-refractivity contribution is 5.88. The Morgan fingerprint density at radius 2 is 2.08 bits per heavy atom. The molecule has 0 aromatic heterocycles. The number of methoxy groups -OCH3 is 1. The zero-order valence-corrected chi connectivity index (χ0v) is 6.74. The highest BCUT2D eigenvalue weighted by Crippen LogP contribution is 2.04. The number of carbonyl (C=O) groups is 2. The number of carbonyl (C=O) groups excluding carboxylic acids is 1. The van der Waals surface area contributed by atoms with E-state index in [4.69, 9.17) is 10.8 Å². The second kappa shape index (κ2) is 5.17. The first-order chi connectivity index (χ1) is 5.61. The lowest BCUT2D eigenvalue weighted by Gasteiger charge is -2.01. The number of ether oxygens (including phenoxy) is 1. The van der Waals surface area contributed by atoms with Crippen molar-refractivity contribution in [2.75, 3.05) is 7.11 Å². The summed E-state index contributed by atoms with van der Waals surface area (Å²) in [5.41, 5.74) is 5.26. The second-order valence-corrected chi connectivity index (χ2v) is 2.08. The van der Waals surface area contributed by atoms with Gasteiger partial charge in [-0.1, -0.05) is 0 Å². The summed E-state index contributed by atoms with van der Waals surface area (Å²) in [5.74, 6) is -1.56. The van der Waals surface area contributed by atoms with E-state index in [9.17, 15) is 9.59 Å².